The maximum absolute atomic E-state index is 13.5. The highest BCUT2D eigenvalue weighted by Gasteiger charge is 2.25. The number of hydrogen-bond acceptors (Lipinski definition) is 4. The number of nitro benzene ring substituents is 1. The number of rotatable bonds is 4. The number of nitrogens with zero attached hydrogens (tertiary/aromatic N) is 1. The van der Waals surface area contributed by atoms with Gasteiger partial charge < -0.3 is 0 Å². The molecule has 0 aliphatic heterocycles. The molecule has 2 aromatic rings. The third-order valence-corrected chi connectivity index (χ3v) is 3.94. The molecule has 0 saturated carbocycles. The zero-order valence-corrected chi connectivity index (χ0v) is 11.1. The normalized spacial score (nSPS) is 11.1. The highest BCUT2D eigenvalue weighted by Crippen LogP contribution is 2.26. The van der Waals surface area contributed by atoms with Gasteiger partial charge in [-0.05, 0) is 18.2 Å². The third kappa shape index (κ3) is 3.14. The van der Waals surface area contributed by atoms with E-state index in [2.05, 4.69) is 0 Å². The minimum Gasteiger partial charge on any atom is -0.276 e. The lowest BCUT2D eigenvalue weighted by Gasteiger charge is -2.09. The van der Waals surface area contributed by atoms with Gasteiger partial charge in [-0.3, -0.25) is 14.8 Å². The molecule has 0 radical (unpaired) electrons. The van der Waals surface area contributed by atoms with Crippen molar-refractivity contribution in [2.75, 3.05) is 4.72 Å². The van der Waals surface area contributed by atoms with Crippen LogP contribution in [-0.2, 0) is 10.0 Å². The van der Waals surface area contributed by atoms with E-state index in [-0.39, 0.29) is 0 Å². The van der Waals surface area contributed by atoms with E-state index < -0.39 is 42.9 Å². The number of anilines is 1. The van der Waals surface area contributed by atoms with Crippen LogP contribution in [0.1, 0.15) is 0 Å². The molecule has 0 fully saturated rings. The molecular weight excluding hydrogens is 306 g/mol. The molecule has 0 aliphatic carbocycles. The smallest absolute Gasteiger partial charge is 0.276 e. The molecule has 0 bridgehead atoms. The van der Waals surface area contributed by atoms with Gasteiger partial charge in [-0.1, -0.05) is 12.1 Å². The van der Waals surface area contributed by atoms with Crippen LogP contribution in [-0.4, -0.2) is 13.3 Å². The Balaban J connectivity index is 2.46. The molecule has 0 amide bonds. The molecule has 0 aromatic heterocycles. The molecule has 9 heteroatoms. The van der Waals surface area contributed by atoms with E-state index in [0.717, 1.165) is 24.3 Å². The van der Waals surface area contributed by atoms with E-state index in [1.807, 2.05) is 4.72 Å². The number of para-hydroxylation sites is 1. The first kappa shape index (κ1) is 14.9. The van der Waals surface area contributed by atoms with E-state index in [1.54, 1.807) is 0 Å². The summed E-state index contributed by atoms with van der Waals surface area (Å²) < 4.78 is 52.2. The van der Waals surface area contributed by atoms with Crippen LogP contribution >= 0.6 is 0 Å². The summed E-state index contributed by atoms with van der Waals surface area (Å²) in [7, 11) is -4.38. The number of hydrogen-bond donors (Lipinski definition) is 1. The molecule has 1 N–H and O–H groups in total. The molecule has 2 rings (SSSR count). The molecule has 0 aliphatic rings. The van der Waals surface area contributed by atoms with Crippen molar-refractivity contribution in [3.8, 4) is 0 Å². The van der Waals surface area contributed by atoms with Gasteiger partial charge in [0.2, 0.25) is 0 Å². The first-order chi connectivity index (χ1) is 9.81. The summed E-state index contributed by atoms with van der Waals surface area (Å²) >= 11 is 0. The van der Waals surface area contributed by atoms with Crippen molar-refractivity contribution in [2.24, 2.45) is 0 Å². The van der Waals surface area contributed by atoms with Crippen molar-refractivity contribution < 1.29 is 22.1 Å². The van der Waals surface area contributed by atoms with Crippen molar-refractivity contribution in [1.29, 1.82) is 0 Å². The zero-order valence-electron chi connectivity index (χ0n) is 10.3. The third-order valence-electron chi connectivity index (χ3n) is 2.53. The summed E-state index contributed by atoms with van der Waals surface area (Å²) in [6, 6.07) is 6.87. The second-order valence-corrected chi connectivity index (χ2v) is 5.61. The number of halogens is 2. The molecule has 0 atom stereocenters. The Morgan fingerprint density at radius 2 is 1.76 bits per heavy atom. The lowest BCUT2D eigenvalue weighted by atomic mass is 10.3. The topological polar surface area (TPSA) is 89.3 Å². The predicted molar refractivity (Wildman–Crippen MR) is 70.3 cm³/mol. The van der Waals surface area contributed by atoms with Gasteiger partial charge in [-0.15, -0.1) is 0 Å². The van der Waals surface area contributed by atoms with Gasteiger partial charge in [0.25, 0.3) is 15.7 Å². The van der Waals surface area contributed by atoms with Gasteiger partial charge in [0, 0.05) is 12.1 Å². The van der Waals surface area contributed by atoms with Gasteiger partial charge in [-0.25, -0.2) is 17.2 Å². The Bertz CT molecular complexity index is 809. The van der Waals surface area contributed by atoms with E-state index in [0.29, 0.717) is 6.07 Å². The van der Waals surface area contributed by atoms with Crippen molar-refractivity contribution in [3.05, 3.63) is 64.2 Å². The van der Waals surface area contributed by atoms with E-state index in [1.165, 1.54) is 12.1 Å². The van der Waals surface area contributed by atoms with Crippen molar-refractivity contribution in [1.82, 2.24) is 0 Å². The maximum Gasteiger partial charge on any atom is 0.289 e. The number of benzene rings is 2. The molecule has 0 unspecified atom stereocenters. The fourth-order valence-electron chi connectivity index (χ4n) is 1.61. The van der Waals surface area contributed by atoms with Gasteiger partial charge in [0.05, 0.1) is 10.6 Å². The summed E-state index contributed by atoms with van der Waals surface area (Å²) in [5.74, 6) is -2.00. The zero-order chi connectivity index (χ0) is 15.6. The Hall–Kier alpha value is -2.55. The van der Waals surface area contributed by atoms with Crippen LogP contribution in [0.4, 0.5) is 20.2 Å². The van der Waals surface area contributed by atoms with Crippen LogP contribution in [0.25, 0.3) is 0 Å². The lowest BCUT2D eigenvalue weighted by molar-refractivity contribution is -0.387. The van der Waals surface area contributed by atoms with Crippen LogP contribution in [0.3, 0.4) is 0 Å². The Morgan fingerprint density at radius 3 is 2.38 bits per heavy atom. The Kier molecular flexibility index (Phi) is 3.85. The second kappa shape index (κ2) is 5.44. The summed E-state index contributed by atoms with van der Waals surface area (Å²) in [6.45, 7) is 0. The summed E-state index contributed by atoms with van der Waals surface area (Å²) in [5, 5.41) is 10.8. The largest absolute Gasteiger partial charge is 0.289 e. The number of sulfonamides is 1. The maximum atomic E-state index is 13.5. The number of nitrogens with one attached hydrogen (secondary N) is 1. The van der Waals surface area contributed by atoms with Crippen LogP contribution in [0.15, 0.2) is 47.4 Å². The first-order valence-corrected chi connectivity index (χ1v) is 7.01. The van der Waals surface area contributed by atoms with Crippen molar-refractivity contribution >= 4 is 21.4 Å². The van der Waals surface area contributed by atoms with Crippen molar-refractivity contribution in [2.45, 2.75) is 4.90 Å². The van der Waals surface area contributed by atoms with Crippen LogP contribution in [0.5, 0.6) is 0 Å². The Labute approximate surface area is 118 Å². The summed E-state index contributed by atoms with van der Waals surface area (Å²) in [6.07, 6.45) is 0. The molecular formula is C12H8F2N2O4S. The molecule has 21 heavy (non-hydrogen) atoms. The highest BCUT2D eigenvalue weighted by molar-refractivity contribution is 7.92. The summed E-state index contributed by atoms with van der Waals surface area (Å²) in [5.41, 5.74) is -1.15. The highest BCUT2D eigenvalue weighted by atomic mass is 32.2. The lowest BCUT2D eigenvalue weighted by Crippen LogP contribution is -2.15. The predicted octanol–water partition coefficient (Wildman–Crippen LogP) is 2.67. The van der Waals surface area contributed by atoms with Crippen molar-refractivity contribution in [3.63, 3.8) is 0 Å². The summed E-state index contributed by atoms with van der Waals surface area (Å²) in [4.78, 5) is 9.34. The van der Waals surface area contributed by atoms with Gasteiger partial charge in [0.1, 0.15) is 11.6 Å². The molecule has 0 spiro atoms. The molecule has 0 heterocycles. The number of nitro groups is 1. The van der Waals surface area contributed by atoms with E-state index >= 15 is 0 Å². The minimum absolute atomic E-state index is 0.497. The van der Waals surface area contributed by atoms with E-state index in [9.17, 15) is 27.3 Å². The minimum atomic E-state index is -4.38. The van der Waals surface area contributed by atoms with Gasteiger partial charge in [0.15, 0.2) is 4.90 Å². The monoisotopic (exact) mass is 314 g/mol. The van der Waals surface area contributed by atoms with E-state index in [4.69, 9.17) is 0 Å². The fourth-order valence-corrected chi connectivity index (χ4v) is 2.85. The van der Waals surface area contributed by atoms with Gasteiger partial charge >= 0.3 is 0 Å². The molecule has 110 valence electrons. The SMILES string of the molecule is O=[N+]([O-])c1ccccc1S(=O)(=O)Nc1ccc(F)cc1F. The van der Waals surface area contributed by atoms with Crippen LogP contribution in [0, 0.1) is 21.7 Å². The average Bonchev–Trinajstić information content (AvgIpc) is 2.42. The molecule has 6 nitrogen and oxygen atoms in total. The second-order valence-electron chi connectivity index (χ2n) is 3.95. The molecule has 0 saturated heterocycles. The quantitative estimate of drug-likeness (QED) is 0.694. The van der Waals surface area contributed by atoms with Crippen LogP contribution < -0.4 is 4.72 Å². The standard InChI is InChI=1S/C12H8F2N2O4S/c13-8-5-6-10(9(14)7-8)15-21(19,20)12-4-2-1-3-11(12)16(17)18/h1-7,15H. The van der Waals surface area contributed by atoms with Gasteiger partial charge in [-0.2, -0.15) is 0 Å². The molecule has 2 aromatic carbocycles. The van der Waals surface area contributed by atoms with Crippen LogP contribution in [0.2, 0.25) is 0 Å². The first-order valence-electron chi connectivity index (χ1n) is 5.52. The Morgan fingerprint density at radius 1 is 1.10 bits per heavy atom. The average molecular weight is 314 g/mol. The fraction of sp³-hybridized carbons (Fsp3) is 0.